The molecule has 0 aromatic heterocycles. The number of nitrogens with zero attached hydrogens (tertiary/aromatic N) is 1. The number of nitro benzene ring substituents is 1. The van der Waals surface area contributed by atoms with Crippen LogP contribution in [0.15, 0.2) is 18.2 Å². The van der Waals surface area contributed by atoms with Crippen LogP contribution in [0.1, 0.15) is 23.2 Å². The smallest absolute Gasteiger partial charge is 0.460 e. The Bertz CT molecular complexity index is 1100. The van der Waals surface area contributed by atoms with Gasteiger partial charge in [-0.3, -0.25) is 14.9 Å². The maximum absolute atomic E-state index is 13.8. The van der Waals surface area contributed by atoms with Gasteiger partial charge in [0.1, 0.15) is 5.75 Å². The summed E-state index contributed by atoms with van der Waals surface area (Å²) in [5, 5.41) is 10.7. The van der Waals surface area contributed by atoms with E-state index in [1.807, 2.05) is 0 Å². The molecule has 230 valence electrons. The number of carbonyl (C=O) groups excluding carboxylic acids is 1. The first-order valence-electron chi connectivity index (χ1n) is 9.66. The van der Waals surface area contributed by atoms with Gasteiger partial charge in [0.25, 0.3) is 5.69 Å². The molecule has 0 saturated heterocycles. The van der Waals surface area contributed by atoms with E-state index in [0.29, 0.717) is 18.2 Å². The lowest BCUT2D eigenvalue weighted by Gasteiger charge is -2.42. The first kappa shape index (κ1) is 34.9. The monoisotopic (exact) mass is 627 g/mol. The Kier molecular flexibility index (Phi) is 9.06. The van der Waals surface area contributed by atoms with Gasteiger partial charge >= 0.3 is 47.6 Å². The molecule has 0 amide bonds. The summed E-state index contributed by atoms with van der Waals surface area (Å²) in [6.07, 6.45) is -12.2. The first-order valence-corrected chi connectivity index (χ1v) is 9.66. The molecule has 5 nitrogen and oxygen atoms in total. The van der Waals surface area contributed by atoms with Gasteiger partial charge < -0.3 is 4.74 Å². The molecule has 1 aromatic rings. The third kappa shape index (κ3) is 5.31. The fraction of sp³-hybridized carbons (Fsp3) is 0.611. The Morgan fingerprint density at radius 2 is 1.12 bits per heavy atom. The largest absolute Gasteiger partial charge is 0.494 e. The third-order valence-electron chi connectivity index (χ3n) is 5.01. The molecule has 1 rings (SSSR count). The number of ether oxygens (including phenoxy) is 1. The molecule has 0 radical (unpaired) electrons. The van der Waals surface area contributed by atoms with Crippen LogP contribution in [0.5, 0.6) is 5.75 Å². The first-order chi connectivity index (χ1) is 17.6. The number of alkyl halides is 17. The Balaban J connectivity index is 3.22. The van der Waals surface area contributed by atoms with E-state index < -0.39 is 89.0 Å². The van der Waals surface area contributed by atoms with Gasteiger partial charge in [-0.1, -0.05) is 0 Å². The number of carbonyl (C=O) groups is 1. The molecule has 0 aliphatic rings. The molecule has 0 unspecified atom stereocenters. The lowest BCUT2D eigenvalue weighted by atomic mass is 9.88. The van der Waals surface area contributed by atoms with Crippen LogP contribution >= 0.6 is 0 Å². The number of hydrogen-bond donors (Lipinski definition) is 0. The zero-order valence-corrected chi connectivity index (χ0v) is 18.4. The van der Waals surface area contributed by atoms with Crippen LogP contribution in [0.3, 0.4) is 0 Å². The van der Waals surface area contributed by atoms with E-state index in [0.717, 1.165) is 0 Å². The van der Waals surface area contributed by atoms with Crippen molar-refractivity contribution in [3.8, 4) is 5.75 Å². The van der Waals surface area contributed by atoms with Crippen LogP contribution in [0.4, 0.5) is 80.3 Å². The van der Waals surface area contributed by atoms with Gasteiger partial charge in [-0.15, -0.1) is 0 Å². The summed E-state index contributed by atoms with van der Waals surface area (Å²) < 4.78 is 229. The van der Waals surface area contributed by atoms with Gasteiger partial charge in [0.05, 0.1) is 17.1 Å². The second-order valence-corrected chi connectivity index (χ2v) is 7.70. The average molecular weight is 627 g/mol. The van der Waals surface area contributed by atoms with E-state index >= 15 is 0 Å². The SMILES string of the molecule is O=Cc1cc(OCCCC(F)(F)C(F)(F)C(F)(F)C(F)(F)C(F)(F)C(F)(F)C(F)(F)C(F)(F)F)ccc1[N+](=O)[O-]. The van der Waals surface area contributed by atoms with Crippen LogP contribution in [0.2, 0.25) is 0 Å². The molecule has 0 heterocycles. The topological polar surface area (TPSA) is 69.4 Å². The molecular formula is C18H10F17NO4. The van der Waals surface area contributed by atoms with Gasteiger partial charge in [0, 0.05) is 12.5 Å². The van der Waals surface area contributed by atoms with Crippen molar-refractivity contribution in [1.82, 2.24) is 0 Å². The summed E-state index contributed by atoms with van der Waals surface area (Å²) in [5.74, 6) is -57.4. The predicted octanol–water partition coefficient (Wildman–Crippen LogP) is 7.58. The van der Waals surface area contributed by atoms with Crippen molar-refractivity contribution in [1.29, 1.82) is 0 Å². The highest BCUT2D eigenvalue weighted by Gasteiger charge is 2.95. The van der Waals surface area contributed by atoms with Crippen LogP contribution in [0, 0.1) is 10.1 Å². The second kappa shape index (κ2) is 10.4. The number of hydrogen-bond acceptors (Lipinski definition) is 4. The molecule has 0 aliphatic carbocycles. The summed E-state index contributed by atoms with van der Waals surface area (Å²) in [6.45, 7) is -1.25. The van der Waals surface area contributed by atoms with Gasteiger partial charge in [-0.2, -0.15) is 74.6 Å². The molecule has 22 heteroatoms. The molecule has 0 fully saturated rings. The Morgan fingerprint density at radius 3 is 1.52 bits per heavy atom. The number of benzene rings is 1. The summed E-state index contributed by atoms with van der Waals surface area (Å²) in [7, 11) is 0. The Labute approximate surface area is 209 Å². The summed E-state index contributed by atoms with van der Waals surface area (Å²) in [4.78, 5) is 20.4. The molecule has 0 saturated carbocycles. The van der Waals surface area contributed by atoms with Crippen LogP contribution in [-0.2, 0) is 0 Å². The van der Waals surface area contributed by atoms with E-state index in [1.54, 1.807) is 0 Å². The molecule has 0 bridgehead atoms. The zero-order chi connectivity index (χ0) is 32.0. The molecule has 0 spiro atoms. The van der Waals surface area contributed by atoms with Gasteiger partial charge in [0.2, 0.25) is 0 Å². The van der Waals surface area contributed by atoms with E-state index in [4.69, 9.17) is 0 Å². The fourth-order valence-corrected chi connectivity index (χ4v) is 2.72. The van der Waals surface area contributed by atoms with E-state index in [-0.39, 0.29) is 6.29 Å². The third-order valence-corrected chi connectivity index (χ3v) is 5.01. The average Bonchev–Trinajstić information content (AvgIpc) is 2.79. The normalized spacial score (nSPS) is 14.7. The summed E-state index contributed by atoms with van der Waals surface area (Å²) in [6, 6.07) is 1.94. The van der Waals surface area contributed by atoms with Crippen molar-refractivity contribution in [2.75, 3.05) is 6.61 Å². The highest BCUT2D eigenvalue weighted by atomic mass is 19.4. The van der Waals surface area contributed by atoms with Crippen molar-refractivity contribution >= 4 is 12.0 Å². The van der Waals surface area contributed by atoms with Gasteiger partial charge in [-0.25, -0.2) is 0 Å². The maximum Gasteiger partial charge on any atom is 0.460 e. The minimum absolute atomic E-state index is 0.0914. The van der Waals surface area contributed by atoms with Crippen molar-refractivity contribution in [3.05, 3.63) is 33.9 Å². The molecular weight excluding hydrogens is 617 g/mol. The second-order valence-electron chi connectivity index (χ2n) is 7.70. The summed E-state index contributed by atoms with van der Waals surface area (Å²) >= 11 is 0. The number of aldehydes is 1. The van der Waals surface area contributed by atoms with E-state index in [1.165, 1.54) is 0 Å². The number of nitro groups is 1. The maximum atomic E-state index is 13.8. The molecule has 40 heavy (non-hydrogen) atoms. The van der Waals surface area contributed by atoms with Gasteiger partial charge in [-0.05, 0) is 18.6 Å². The van der Waals surface area contributed by atoms with Gasteiger partial charge in [0.15, 0.2) is 6.29 Å². The minimum atomic E-state index is -8.70. The number of halogens is 17. The van der Waals surface area contributed by atoms with Crippen LogP contribution in [-0.4, -0.2) is 65.5 Å². The van der Waals surface area contributed by atoms with Crippen LogP contribution < -0.4 is 4.74 Å². The fourth-order valence-electron chi connectivity index (χ4n) is 2.72. The highest BCUT2D eigenvalue weighted by molar-refractivity contribution is 5.82. The standard InChI is InChI=1S/C18H10F17NO4/c19-11(20,4-1-5-40-9-2-3-10(36(38)39)8(6-9)7-37)12(21,22)13(23,24)14(25,26)15(27,28)16(29,30)17(31,32)18(33,34)35/h2-3,6-7H,1,4-5H2. The molecule has 0 N–H and O–H groups in total. The summed E-state index contributed by atoms with van der Waals surface area (Å²) in [5.41, 5.74) is -1.47. The van der Waals surface area contributed by atoms with E-state index in [9.17, 15) is 89.5 Å². The predicted molar refractivity (Wildman–Crippen MR) is 93.9 cm³/mol. The van der Waals surface area contributed by atoms with Crippen molar-refractivity contribution in [3.63, 3.8) is 0 Å². The van der Waals surface area contributed by atoms with Crippen molar-refractivity contribution in [2.45, 2.75) is 60.5 Å². The molecule has 1 aromatic carbocycles. The van der Waals surface area contributed by atoms with Crippen LogP contribution in [0.25, 0.3) is 0 Å². The molecule has 0 aliphatic heterocycles. The quantitative estimate of drug-likeness (QED) is 0.0744. The minimum Gasteiger partial charge on any atom is -0.494 e. The lowest BCUT2D eigenvalue weighted by Crippen LogP contribution is -2.74. The Hall–Kier alpha value is -3.10. The highest BCUT2D eigenvalue weighted by Crippen LogP contribution is 2.64. The number of rotatable bonds is 13. The zero-order valence-electron chi connectivity index (χ0n) is 18.4. The van der Waals surface area contributed by atoms with E-state index in [2.05, 4.69) is 4.74 Å². The van der Waals surface area contributed by atoms with Crippen molar-refractivity contribution < 1.29 is 89.1 Å². The lowest BCUT2D eigenvalue weighted by molar-refractivity contribution is -0.461. The van der Waals surface area contributed by atoms with Crippen molar-refractivity contribution in [2.24, 2.45) is 0 Å². The Morgan fingerprint density at radius 1 is 0.700 bits per heavy atom. The molecule has 0 atom stereocenters.